The number of sulfonamides is 1. The Balaban J connectivity index is 1.53. The van der Waals surface area contributed by atoms with E-state index in [0.717, 1.165) is 16.0 Å². The molecule has 158 valence electrons. The number of fused-ring (bicyclic) bond motifs is 1. The number of ether oxygens (including phenoxy) is 1. The molecule has 0 spiro atoms. The van der Waals surface area contributed by atoms with Gasteiger partial charge >= 0.3 is 5.97 Å². The van der Waals surface area contributed by atoms with Crippen molar-refractivity contribution >= 4 is 27.3 Å². The summed E-state index contributed by atoms with van der Waals surface area (Å²) in [5, 5.41) is 1.93. The number of oxazole rings is 1. The lowest BCUT2D eigenvalue weighted by molar-refractivity contribution is -0.150. The smallest absolute Gasteiger partial charge is 0.325 e. The van der Waals surface area contributed by atoms with Crippen LogP contribution in [0.1, 0.15) is 29.5 Å². The van der Waals surface area contributed by atoms with Gasteiger partial charge in [0.1, 0.15) is 24.1 Å². The Morgan fingerprint density at radius 3 is 2.73 bits per heavy atom. The van der Waals surface area contributed by atoms with E-state index in [4.69, 9.17) is 9.15 Å². The third-order valence-corrected chi connectivity index (χ3v) is 7.86. The summed E-state index contributed by atoms with van der Waals surface area (Å²) in [7, 11) is -3.58. The topological polar surface area (TPSA) is 89.7 Å². The zero-order valence-electron chi connectivity index (χ0n) is 16.7. The lowest BCUT2D eigenvalue weighted by Gasteiger charge is -2.34. The van der Waals surface area contributed by atoms with Crippen molar-refractivity contribution in [1.82, 2.24) is 9.29 Å². The maximum atomic E-state index is 12.9. The number of carbonyl (C=O) groups excluding carboxylic acids is 1. The maximum absolute atomic E-state index is 12.9. The minimum absolute atomic E-state index is 0.0717. The molecule has 0 fully saturated rings. The predicted octanol–water partition coefficient (Wildman–Crippen LogP) is 3.53. The summed E-state index contributed by atoms with van der Waals surface area (Å²) < 4.78 is 37.7. The van der Waals surface area contributed by atoms with Crippen LogP contribution >= 0.6 is 11.3 Å². The van der Waals surface area contributed by atoms with Crippen LogP contribution in [0.4, 0.5) is 0 Å². The van der Waals surface area contributed by atoms with Gasteiger partial charge in [-0.15, -0.1) is 11.3 Å². The first-order valence-corrected chi connectivity index (χ1v) is 12.1. The minimum Gasteiger partial charge on any atom is -0.458 e. The number of hydrogen-bond acceptors (Lipinski definition) is 7. The fourth-order valence-electron chi connectivity index (χ4n) is 3.46. The van der Waals surface area contributed by atoms with Crippen LogP contribution in [0.2, 0.25) is 0 Å². The lowest BCUT2D eigenvalue weighted by Crippen LogP contribution is -2.49. The van der Waals surface area contributed by atoms with Crippen molar-refractivity contribution in [3.05, 3.63) is 64.4 Å². The monoisotopic (exact) mass is 446 g/mol. The van der Waals surface area contributed by atoms with Gasteiger partial charge < -0.3 is 9.15 Å². The molecule has 1 aromatic carbocycles. The van der Waals surface area contributed by atoms with Gasteiger partial charge in [-0.25, -0.2) is 13.4 Å². The Morgan fingerprint density at radius 1 is 1.27 bits per heavy atom. The molecular formula is C21H22N2O5S2. The summed E-state index contributed by atoms with van der Waals surface area (Å²) in [4.78, 5) is 18.2. The van der Waals surface area contributed by atoms with Crippen LogP contribution in [-0.4, -0.2) is 35.5 Å². The van der Waals surface area contributed by atoms with E-state index in [-0.39, 0.29) is 25.3 Å². The number of aromatic nitrogens is 1. The molecule has 0 saturated carbocycles. The summed E-state index contributed by atoms with van der Waals surface area (Å²) in [6.07, 6.45) is 0.284. The quantitative estimate of drug-likeness (QED) is 0.538. The first kappa shape index (κ1) is 20.8. The van der Waals surface area contributed by atoms with Gasteiger partial charge in [-0.2, -0.15) is 4.31 Å². The second kappa shape index (κ2) is 8.33. The van der Waals surface area contributed by atoms with Crippen LogP contribution in [0.5, 0.6) is 0 Å². The zero-order chi connectivity index (χ0) is 21.3. The standard InChI is InChI=1S/C21H22N2O5S2/c1-3-30(25,26)23-12-16-8-5-4-7-15(16)11-18(23)21(24)27-13-17-14(2)28-20(22-17)19-9-6-10-29-19/h4-10,18H,3,11-13H2,1-2H3/t18-/m0/s1. The summed E-state index contributed by atoms with van der Waals surface area (Å²) >= 11 is 1.51. The molecule has 0 radical (unpaired) electrons. The average Bonchev–Trinajstić information content (AvgIpc) is 3.41. The molecule has 3 aromatic rings. The molecule has 0 amide bonds. The summed E-state index contributed by atoms with van der Waals surface area (Å²) in [5.41, 5.74) is 2.39. The number of thiophene rings is 1. The summed E-state index contributed by atoms with van der Waals surface area (Å²) in [5.74, 6) is 0.390. The van der Waals surface area contributed by atoms with Gasteiger partial charge in [0, 0.05) is 13.0 Å². The van der Waals surface area contributed by atoms with E-state index in [1.54, 1.807) is 13.8 Å². The molecule has 3 heterocycles. The fraction of sp³-hybridized carbons (Fsp3) is 0.333. The fourth-order valence-corrected chi connectivity index (χ4v) is 5.33. The molecule has 0 saturated heterocycles. The molecule has 2 aromatic heterocycles. The van der Waals surface area contributed by atoms with Crippen molar-refractivity contribution in [1.29, 1.82) is 0 Å². The van der Waals surface area contributed by atoms with Crippen LogP contribution in [0.25, 0.3) is 10.8 Å². The highest BCUT2D eigenvalue weighted by Crippen LogP contribution is 2.28. The Hall–Kier alpha value is -2.49. The molecule has 0 aliphatic carbocycles. The molecule has 0 N–H and O–H groups in total. The molecule has 30 heavy (non-hydrogen) atoms. The summed E-state index contributed by atoms with van der Waals surface area (Å²) in [6.45, 7) is 3.43. The van der Waals surface area contributed by atoms with Crippen molar-refractivity contribution in [2.45, 2.75) is 39.5 Å². The number of aryl methyl sites for hydroxylation is 1. The van der Waals surface area contributed by atoms with Gasteiger partial charge in [-0.1, -0.05) is 30.3 Å². The van der Waals surface area contributed by atoms with Crippen LogP contribution < -0.4 is 0 Å². The highest BCUT2D eigenvalue weighted by atomic mass is 32.2. The van der Waals surface area contributed by atoms with E-state index in [0.29, 0.717) is 17.3 Å². The molecule has 4 rings (SSSR count). The lowest BCUT2D eigenvalue weighted by atomic mass is 9.96. The molecule has 7 nitrogen and oxygen atoms in total. The Morgan fingerprint density at radius 2 is 2.03 bits per heavy atom. The van der Waals surface area contributed by atoms with Crippen molar-refractivity contribution < 1.29 is 22.4 Å². The van der Waals surface area contributed by atoms with Gasteiger partial charge in [0.2, 0.25) is 15.9 Å². The molecular weight excluding hydrogens is 424 g/mol. The Labute approximate surface area is 179 Å². The SMILES string of the molecule is CCS(=O)(=O)N1Cc2ccccc2C[C@H]1C(=O)OCc1nc(-c2cccs2)oc1C. The minimum atomic E-state index is -3.58. The highest BCUT2D eigenvalue weighted by Gasteiger charge is 2.39. The van der Waals surface area contributed by atoms with Crippen LogP contribution in [0.3, 0.4) is 0 Å². The van der Waals surface area contributed by atoms with Crippen molar-refractivity contribution in [2.24, 2.45) is 0 Å². The van der Waals surface area contributed by atoms with E-state index in [1.165, 1.54) is 15.6 Å². The largest absolute Gasteiger partial charge is 0.458 e. The number of nitrogens with zero attached hydrogens (tertiary/aromatic N) is 2. The first-order chi connectivity index (χ1) is 14.4. The number of rotatable bonds is 6. The normalized spacial score (nSPS) is 16.9. The second-order valence-corrected chi connectivity index (χ2v) is 10.2. The van der Waals surface area contributed by atoms with Crippen LogP contribution in [0, 0.1) is 6.92 Å². The molecule has 1 aliphatic heterocycles. The van der Waals surface area contributed by atoms with Gasteiger partial charge in [-0.05, 0) is 36.4 Å². The van der Waals surface area contributed by atoms with Crippen LogP contribution in [-0.2, 0) is 39.1 Å². The third kappa shape index (κ3) is 4.05. The van der Waals surface area contributed by atoms with E-state index in [9.17, 15) is 13.2 Å². The van der Waals surface area contributed by atoms with Crippen molar-refractivity contribution in [3.8, 4) is 10.8 Å². The number of hydrogen-bond donors (Lipinski definition) is 0. The first-order valence-electron chi connectivity index (χ1n) is 9.62. The molecule has 1 aliphatic rings. The number of benzene rings is 1. The van der Waals surface area contributed by atoms with E-state index >= 15 is 0 Å². The highest BCUT2D eigenvalue weighted by molar-refractivity contribution is 7.89. The van der Waals surface area contributed by atoms with E-state index in [1.807, 2.05) is 41.8 Å². The van der Waals surface area contributed by atoms with E-state index in [2.05, 4.69) is 4.98 Å². The average molecular weight is 447 g/mol. The van der Waals surface area contributed by atoms with E-state index < -0.39 is 22.0 Å². The Bertz CT molecular complexity index is 1150. The van der Waals surface area contributed by atoms with Gasteiger partial charge in [0.05, 0.1) is 10.6 Å². The van der Waals surface area contributed by atoms with Gasteiger partial charge in [0.15, 0.2) is 0 Å². The molecule has 9 heteroatoms. The number of esters is 1. The number of carbonyl (C=O) groups is 1. The third-order valence-electron chi connectivity index (χ3n) is 5.18. The van der Waals surface area contributed by atoms with Crippen molar-refractivity contribution in [3.63, 3.8) is 0 Å². The van der Waals surface area contributed by atoms with Gasteiger partial charge in [0.25, 0.3) is 0 Å². The Kier molecular flexibility index (Phi) is 5.77. The van der Waals surface area contributed by atoms with Crippen LogP contribution in [0.15, 0.2) is 46.2 Å². The predicted molar refractivity (Wildman–Crippen MR) is 113 cm³/mol. The zero-order valence-corrected chi connectivity index (χ0v) is 18.3. The molecule has 0 bridgehead atoms. The maximum Gasteiger partial charge on any atom is 0.325 e. The molecule has 0 unspecified atom stereocenters. The van der Waals surface area contributed by atoms with Crippen molar-refractivity contribution in [2.75, 3.05) is 5.75 Å². The second-order valence-electron chi connectivity index (χ2n) is 7.04. The van der Waals surface area contributed by atoms with Gasteiger partial charge in [-0.3, -0.25) is 4.79 Å². The summed E-state index contributed by atoms with van der Waals surface area (Å²) in [6, 6.07) is 10.5. The molecule has 1 atom stereocenters.